The molecule has 1 aromatic heterocycles. The molecule has 1 aromatic carbocycles. The summed E-state index contributed by atoms with van der Waals surface area (Å²) in [5.41, 5.74) is 2.36. The number of benzene rings is 1. The summed E-state index contributed by atoms with van der Waals surface area (Å²) in [6, 6.07) is 3.51. The maximum absolute atomic E-state index is 10.1. The first kappa shape index (κ1) is 17.3. The van der Waals surface area contributed by atoms with Gasteiger partial charge in [0.05, 0.1) is 18.0 Å². The first-order chi connectivity index (χ1) is 12.6. The Morgan fingerprint density at radius 3 is 2.58 bits per heavy atom. The van der Waals surface area contributed by atoms with Crippen LogP contribution < -0.4 is 4.80 Å². The van der Waals surface area contributed by atoms with Crippen LogP contribution in [-0.2, 0) is 0 Å². The Bertz CT molecular complexity index is 887. The van der Waals surface area contributed by atoms with Crippen molar-refractivity contribution in [1.29, 1.82) is 0 Å². The van der Waals surface area contributed by atoms with Crippen LogP contribution in [0.4, 0.5) is 0 Å². The second-order valence-corrected chi connectivity index (χ2v) is 8.23. The van der Waals surface area contributed by atoms with Crippen LogP contribution in [0.2, 0.25) is 0 Å². The van der Waals surface area contributed by atoms with Gasteiger partial charge in [0.1, 0.15) is 11.5 Å². The van der Waals surface area contributed by atoms with Gasteiger partial charge >= 0.3 is 0 Å². The smallest absolute Gasteiger partial charge is 0.206 e. The summed E-state index contributed by atoms with van der Waals surface area (Å²) in [7, 11) is 0. The molecule has 6 heteroatoms. The van der Waals surface area contributed by atoms with Crippen molar-refractivity contribution in [3.63, 3.8) is 0 Å². The third kappa shape index (κ3) is 3.70. The number of rotatable bonds is 4. The summed E-state index contributed by atoms with van der Waals surface area (Å²) in [5, 5.41) is 26.8. The molecule has 0 bridgehead atoms. The number of hydrogen-bond donors (Lipinski definition) is 2. The zero-order valence-electron chi connectivity index (χ0n) is 15.1. The second-order valence-electron chi connectivity index (χ2n) is 7.39. The van der Waals surface area contributed by atoms with Crippen molar-refractivity contribution in [2.75, 3.05) is 0 Å². The molecule has 0 atom stereocenters. The summed E-state index contributed by atoms with van der Waals surface area (Å²) in [6.45, 7) is 1.76. The molecule has 4 rings (SSSR count). The molecule has 26 heavy (non-hydrogen) atoms. The van der Waals surface area contributed by atoms with Gasteiger partial charge < -0.3 is 10.2 Å². The fourth-order valence-corrected chi connectivity index (χ4v) is 4.44. The zero-order valence-corrected chi connectivity index (χ0v) is 15.9. The lowest BCUT2D eigenvalue weighted by Crippen LogP contribution is -2.19. The van der Waals surface area contributed by atoms with Crippen molar-refractivity contribution in [1.82, 2.24) is 4.68 Å². The third-order valence-electron chi connectivity index (χ3n) is 5.23. The number of phenolic OH excluding ortho intramolecular Hbond substituents is 2. The van der Waals surface area contributed by atoms with E-state index < -0.39 is 0 Å². The maximum Gasteiger partial charge on any atom is 0.206 e. The molecular formula is C20H25N3O2S. The number of aromatic hydroxyl groups is 2. The van der Waals surface area contributed by atoms with E-state index in [1.54, 1.807) is 36.6 Å². The fourth-order valence-electron chi connectivity index (χ4n) is 3.46. The second kappa shape index (κ2) is 7.27. The predicted octanol–water partition coefficient (Wildman–Crippen LogP) is 4.26. The van der Waals surface area contributed by atoms with Crippen LogP contribution in [0.25, 0.3) is 0 Å². The summed E-state index contributed by atoms with van der Waals surface area (Å²) >= 11 is 1.65. The molecule has 0 unspecified atom stereocenters. The highest BCUT2D eigenvalue weighted by molar-refractivity contribution is 7.07. The molecule has 0 amide bonds. The normalized spacial score (nSPS) is 19.5. The molecular weight excluding hydrogens is 346 g/mol. The highest BCUT2D eigenvalue weighted by Crippen LogP contribution is 2.40. The summed E-state index contributed by atoms with van der Waals surface area (Å²) in [6.07, 6.45) is 10.2. The Labute approximate surface area is 157 Å². The van der Waals surface area contributed by atoms with Crippen LogP contribution in [0.15, 0.2) is 27.6 Å². The molecule has 0 spiro atoms. The van der Waals surface area contributed by atoms with E-state index in [0.29, 0.717) is 23.1 Å². The molecule has 1 heterocycles. The summed E-state index contributed by atoms with van der Waals surface area (Å²) in [4.78, 5) is 5.91. The van der Waals surface area contributed by atoms with Crippen molar-refractivity contribution in [3.05, 3.63) is 39.1 Å². The molecule has 2 fully saturated rings. The zero-order chi connectivity index (χ0) is 18.1. The first-order valence-corrected chi connectivity index (χ1v) is 10.3. The van der Waals surface area contributed by atoms with Crippen LogP contribution >= 0.6 is 11.3 Å². The average molecular weight is 372 g/mol. The summed E-state index contributed by atoms with van der Waals surface area (Å²) < 4.78 is 1.94. The van der Waals surface area contributed by atoms with Crippen molar-refractivity contribution >= 4 is 17.6 Å². The molecule has 0 aliphatic heterocycles. The quantitative estimate of drug-likeness (QED) is 0.623. The van der Waals surface area contributed by atoms with Crippen molar-refractivity contribution in [3.8, 4) is 11.5 Å². The lowest BCUT2D eigenvalue weighted by Gasteiger charge is -2.16. The molecule has 0 radical (unpaired) electrons. The highest BCUT2D eigenvalue weighted by Gasteiger charge is 2.28. The van der Waals surface area contributed by atoms with Gasteiger partial charge in [-0.15, -0.1) is 11.3 Å². The molecule has 2 aliphatic carbocycles. The molecule has 2 aliphatic rings. The minimum atomic E-state index is 0.124. The number of aryl methyl sites for hydroxylation is 1. The van der Waals surface area contributed by atoms with Gasteiger partial charge in [-0.25, -0.2) is 4.68 Å². The Balaban J connectivity index is 1.69. The van der Waals surface area contributed by atoms with Gasteiger partial charge in [-0.1, -0.05) is 19.3 Å². The van der Waals surface area contributed by atoms with Gasteiger partial charge in [-0.2, -0.15) is 5.10 Å². The number of phenols is 2. The SMILES string of the molecule is Cc1cc(O)c(/C=N/n2c(C3CC3)csc2=NC2CCCCC2)cc1O. The van der Waals surface area contributed by atoms with Gasteiger partial charge in [0, 0.05) is 16.9 Å². The van der Waals surface area contributed by atoms with Gasteiger partial charge in [0.15, 0.2) is 0 Å². The van der Waals surface area contributed by atoms with Gasteiger partial charge in [0.2, 0.25) is 4.80 Å². The van der Waals surface area contributed by atoms with Crippen LogP contribution in [0.1, 0.15) is 67.7 Å². The Hall–Kier alpha value is -2.08. The molecule has 2 aromatic rings. The van der Waals surface area contributed by atoms with E-state index in [-0.39, 0.29) is 11.5 Å². The average Bonchev–Trinajstić information content (AvgIpc) is 3.40. The van der Waals surface area contributed by atoms with Gasteiger partial charge in [0.25, 0.3) is 0 Å². The van der Waals surface area contributed by atoms with E-state index in [9.17, 15) is 10.2 Å². The van der Waals surface area contributed by atoms with Crippen LogP contribution in [0, 0.1) is 6.92 Å². The molecule has 0 saturated heterocycles. The fraction of sp³-hybridized carbons (Fsp3) is 0.500. The minimum absolute atomic E-state index is 0.124. The minimum Gasteiger partial charge on any atom is -0.508 e. The number of nitrogens with zero attached hydrogens (tertiary/aromatic N) is 3. The van der Waals surface area contributed by atoms with Crippen molar-refractivity contribution in [2.24, 2.45) is 10.1 Å². The third-order valence-corrected chi connectivity index (χ3v) is 6.08. The van der Waals surface area contributed by atoms with E-state index in [1.165, 1.54) is 37.8 Å². The van der Waals surface area contributed by atoms with E-state index in [0.717, 1.165) is 17.6 Å². The molecule has 5 nitrogen and oxygen atoms in total. The number of thiazole rings is 1. The van der Waals surface area contributed by atoms with Gasteiger partial charge in [-0.3, -0.25) is 4.99 Å². The molecule has 138 valence electrons. The number of hydrogen-bond acceptors (Lipinski definition) is 5. The van der Waals surface area contributed by atoms with Crippen LogP contribution in [-0.4, -0.2) is 27.1 Å². The van der Waals surface area contributed by atoms with E-state index >= 15 is 0 Å². The van der Waals surface area contributed by atoms with E-state index in [2.05, 4.69) is 10.5 Å². The Morgan fingerprint density at radius 2 is 1.85 bits per heavy atom. The van der Waals surface area contributed by atoms with E-state index in [4.69, 9.17) is 4.99 Å². The van der Waals surface area contributed by atoms with E-state index in [1.807, 2.05) is 4.68 Å². The monoisotopic (exact) mass is 371 g/mol. The lowest BCUT2D eigenvalue weighted by atomic mass is 9.96. The van der Waals surface area contributed by atoms with Crippen LogP contribution in [0.5, 0.6) is 11.5 Å². The Morgan fingerprint density at radius 1 is 1.08 bits per heavy atom. The molecule has 2 N–H and O–H groups in total. The van der Waals surface area contributed by atoms with Crippen LogP contribution in [0.3, 0.4) is 0 Å². The largest absolute Gasteiger partial charge is 0.508 e. The number of aromatic nitrogens is 1. The Kier molecular flexibility index (Phi) is 4.85. The topological polar surface area (TPSA) is 70.1 Å². The first-order valence-electron chi connectivity index (χ1n) is 9.43. The lowest BCUT2D eigenvalue weighted by molar-refractivity contribution is 0.435. The summed E-state index contributed by atoms with van der Waals surface area (Å²) in [5.74, 6) is 0.853. The predicted molar refractivity (Wildman–Crippen MR) is 104 cm³/mol. The molecule has 2 saturated carbocycles. The maximum atomic E-state index is 10.1. The van der Waals surface area contributed by atoms with Crippen molar-refractivity contribution < 1.29 is 10.2 Å². The highest BCUT2D eigenvalue weighted by atomic mass is 32.1. The van der Waals surface area contributed by atoms with Gasteiger partial charge in [-0.05, 0) is 50.3 Å². The standard InChI is InChI=1S/C20H25N3O2S/c1-13-9-19(25)15(10-18(13)24)11-21-23-17(14-7-8-14)12-26-20(23)22-16-5-3-2-4-6-16/h9-12,14,16,24-25H,2-8H2,1H3/b21-11+,22-20?. The van der Waals surface area contributed by atoms with Crippen molar-refractivity contribution in [2.45, 2.75) is 63.8 Å².